The van der Waals surface area contributed by atoms with Crippen LogP contribution in [0.4, 0.5) is 0 Å². The highest BCUT2D eigenvalue weighted by Gasteiger charge is 2.13. The number of benzene rings is 1. The van der Waals surface area contributed by atoms with Gasteiger partial charge in [-0.05, 0) is 24.1 Å². The second-order valence-electron chi connectivity index (χ2n) is 5.62. The van der Waals surface area contributed by atoms with Crippen LogP contribution in [0.15, 0.2) is 29.2 Å². The number of nitrogens with one attached hydrogen (secondary N) is 1. The van der Waals surface area contributed by atoms with E-state index >= 15 is 0 Å². The van der Waals surface area contributed by atoms with Gasteiger partial charge in [-0.1, -0.05) is 57.6 Å². The lowest BCUT2D eigenvalue weighted by atomic mass is 10.00. The molecule has 21 heavy (non-hydrogen) atoms. The molecule has 0 spiro atoms. The molecule has 5 heteroatoms. The predicted octanol–water partition coefficient (Wildman–Crippen LogP) is 3.35. The zero-order valence-electron chi connectivity index (χ0n) is 13.1. The first-order chi connectivity index (χ1) is 9.99. The smallest absolute Gasteiger partial charge is 0.175 e. The standard InChI is InChI=1S/C16H28N2O2S/c1-3-4-5-6-7-8-12-16(18-17)14-10-9-11-15(13-14)21(2,19)20/h9-11,13,16,18H,3-8,12,17H2,1-2H3. The van der Waals surface area contributed by atoms with E-state index in [0.29, 0.717) is 4.90 Å². The maximum Gasteiger partial charge on any atom is 0.175 e. The van der Waals surface area contributed by atoms with Crippen molar-refractivity contribution in [2.45, 2.75) is 62.8 Å². The first-order valence-electron chi connectivity index (χ1n) is 7.75. The van der Waals surface area contributed by atoms with Gasteiger partial charge in [0.2, 0.25) is 0 Å². The van der Waals surface area contributed by atoms with Crippen molar-refractivity contribution in [3.8, 4) is 0 Å². The fraction of sp³-hybridized carbons (Fsp3) is 0.625. The molecule has 1 rings (SSSR count). The summed E-state index contributed by atoms with van der Waals surface area (Å²) in [6.45, 7) is 2.21. The minimum atomic E-state index is -3.17. The van der Waals surface area contributed by atoms with E-state index < -0.39 is 9.84 Å². The molecule has 0 saturated carbocycles. The summed E-state index contributed by atoms with van der Waals surface area (Å²) < 4.78 is 23.2. The first-order valence-corrected chi connectivity index (χ1v) is 9.64. The third-order valence-corrected chi connectivity index (χ3v) is 4.85. The van der Waals surface area contributed by atoms with E-state index in [4.69, 9.17) is 5.84 Å². The minimum absolute atomic E-state index is 0.0119. The molecule has 1 aromatic rings. The molecule has 0 aliphatic rings. The summed E-state index contributed by atoms with van der Waals surface area (Å²) in [5, 5.41) is 0. The fourth-order valence-corrected chi connectivity index (χ4v) is 3.11. The molecule has 0 amide bonds. The van der Waals surface area contributed by atoms with Gasteiger partial charge in [0, 0.05) is 12.3 Å². The molecular formula is C16H28N2O2S. The molecule has 1 aromatic carbocycles. The molecule has 120 valence electrons. The van der Waals surface area contributed by atoms with Gasteiger partial charge in [0.1, 0.15) is 0 Å². The van der Waals surface area contributed by atoms with E-state index in [1.54, 1.807) is 18.2 Å². The number of nitrogens with two attached hydrogens (primary N) is 1. The lowest BCUT2D eigenvalue weighted by Gasteiger charge is -2.17. The van der Waals surface area contributed by atoms with Crippen LogP contribution in [0, 0.1) is 0 Å². The van der Waals surface area contributed by atoms with Crippen molar-refractivity contribution in [3.63, 3.8) is 0 Å². The van der Waals surface area contributed by atoms with Crippen LogP contribution < -0.4 is 11.3 Å². The van der Waals surface area contributed by atoms with Crippen LogP contribution in [0.3, 0.4) is 0 Å². The number of rotatable bonds is 10. The van der Waals surface area contributed by atoms with Gasteiger partial charge < -0.3 is 0 Å². The maximum atomic E-state index is 11.6. The predicted molar refractivity (Wildman–Crippen MR) is 87.6 cm³/mol. The number of sulfone groups is 1. The Hall–Kier alpha value is -0.910. The molecule has 1 atom stereocenters. The maximum absolute atomic E-state index is 11.6. The van der Waals surface area contributed by atoms with Crippen molar-refractivity contribution in [2.75, 3.05) is 6.26 Å². The Bertz CT molecular complexity index is 515. The molecule has 0 saturated heterocycles. The van der Waals surface area contributed by atoms with Gasteiger partial charge in [0.15, 0.2) is 9.84 Å². The molecule has 1 unspecified atom stereocenters. The largest absolute Gasteiger partial charge is 0.271 e. The second kappa shape index (κ2) is 9.18. The lowest BCUT2D eigenvalue weighted by molar-refractivity contribution is 0.476. The van der Waals surface area contributed by atoms with Crippen LogP contribution in [0.5, 0.6) is 0 Å². The van der Waals surface area contributed by atoms with E-state index in [9.17, 15) is 8.42 Å². The lowest BCUT2D eigenvalue weighted by Crippen LogP contribution is -2.28. The van der Waals surface area contributed by atoms with Crippen molar-refractivity contribution < 1.29 is 8.42 Å². The summed E-state index contributed by atoms with van der Waals surface area (Å²) in [6.07, 6.45) is 9.56. The Morgan fingerprint density at radius 3 is 2.43 bits per heavy atom. The highest BCUT2D eigenvalue weighted by molar-refractivity contribution is 7.90. The highest BCUT2D eigenvalue weighted by atomic mass is 32.2. The van der Waals surface area contributed by atoms with E-state index in [0.717, 1.165) is 18.4 Å². The van der Waals surface area contributed by atoms with E-state index in [1.807, 2.05) is 6.07 Å². The molecule has 0 aliphatic carbocycles. The summed E-state index contributed by atoms with van der Waals surface area (Å²) in [4.78, 5) is 0.350. The van der Waals surface area contributed by atoms with Crippen LogP contribution in [-0.4, -0.2) is 14.7 Å². The zero-order chi connectivity index (χ0) is 15.7. The molecule has 0 aromatic heterocycles. The SMILES string of the molecule is CCCCCCCCC(NN)c1cccc(S(C)(=O)=O)c1. The second-order valence-corrected chi connectivity index (χ2v) is 7.64. The van der Waals surface area contributed by atoms with Crippen molar-refractivity contribution in [2.24, 2.45) is 5.84 Å². The van der Waals surface area contributed by atoms with Crippen molar-refractivity contribution in [3.05, 3.63) is 29.8 Å². The van der Waals surface area contributed by atoms with Gasteiger partial charge in [-0.2, -0.15) is 0 Å². The van der Waals surface area contributed by atoms with Gasteiger partial charge in [-0.3, -0.25) is 11.3 Å². The third kappa shape index (κ3) is 6.59. The Kier molecular flexibility index (Phi) is 7.93. The van der Waals surface area contributed by atoms with Crippen LogP contribution >= 0.6 is 0 Å². The van der Waals surface area contributed by atoms with Crippen molar-refractivity contribution >= 4 is 9.84 Å². The Morgan fingerprint density at radius 2 is 1.81 bits per heavy atom. The molecule has 0 bridgehead atoms. The van der Waals surface area contributed by atoms with Crippen molar-refractivity contribution in [1.29, 1.82) is 0 Å². The molecule has 4 nitrogen and oxygen atoms in total. The van der Waals surface area contributed by atoms with Crippen LogP contribution in [0.1, 0.15) is 63.5 Å². The topological polar surface area (TPSA) is 72.2 Å². The number of hydrogen-bond donors (Lipinski definition) is 2. The van der Waals surface area contributed by atoms with Gasteiger partial charge in [-0.25, -0.2) is 8.42 Å². The number of unbranched alkanes of at least 4 members (excludes halogenated alkanes) is 5. The summed E-state index contributed by atoms with van der Waals surface area (Å²) in [5.74, 6) is 5.63. The molecule has 0 radical (unpaired) electrons. The fourth-order valence-electron chi connectivity index (χ4n) is 2.44. The summed E-state index contributed by atoms with van der Waals surface area (Å²) in [6, 6.07) is 7.06. The van der Waals surface area contributed by atoms with Gasteiger partial charge in [-0.15, -0.1) is 0 Å². The normalized spacial score (nSPS) is 13.3. The Balaban J connectivity index is 2.56. The average Bonchev–Trinajstić information content (AvgIpc) is 2.46. The Morgan fingerprint density at radius 1 is 1.14 bits per heavy atom. The quantitative estimate of drug-likeness (QED) is 0.395. The zero-order valence-corrected chi connectivity index (χ0v) is 14.0. The van der Waals surface area contributed by atoms with E-state index in [-0.39, 0.29) is 6.04 Å². The van der Waals surface area contributed by atoms with E-state index in [2.05, 4.69) is 12.3 Å². The van der Waals surface area contributed by atoms with Gasteiger partial charge in [0.25, 0.3) is 0 Å². The third-order valence-electron chi connectivity index (χ3n) is 3.74. The molecule has 0 heterocycles. The summed E-state index contributed by atoms with van der Waals surface area (Å²) in [7, 11) is -3.17. The monoisotopic (exact) mass is 312 g/mol. The Labute approximate surface area is 129 Å². The highest BCUT2D eigenvalue weighted by Crippen LogP contribution is 2.22. The van der Waals surface area contributed by atoms with Crippen LogP contribution in [0.25, 0.3) is 0 Å². The van der Waals surface area contributed by atoms with Crippen LogP contribution in [-0.2, 0) is 9.84 Å². The van der Waals surface area contributed by atoms with Gasteiger partial charge >= 0.3 is 0 Å². The van der Waals surface area contributed by atoms with Crippen LogP contribution in [0.2, 0.25) is 0 Å². The minimum Gasteiger partial charge on any atom is -0.271 e. The molecule has 0 fully saturated rings. The summed E-state index contributed by atoms with van der Waals surface area (Å²) >= 11 is 0. The molecule has 0 aliphatic heterocycles. The first kappa shape index (κ1) is 18.1. The van der Waals surface area contributed by atoms with E-state index in [1.165, 1.54) is 38.4 Å². The number of hydrazine groups is 1. The van der Waals surface area contributed by atoms with Crippen molar-refractivity contribution in [1.82, 2.24) is 5.43 Å². The summed E-state index contributed by atoms with van der Waals surface area (Å²) in [5.41, 5.74) is 3.74. The van der Waals surface area contributed by atoms with Gasteiger partial charge in [0.05, 0.1) is 4.90 Å². The molecular weight excluding hydrogens is 284 g/mol. The average molecular weight is 312 g/mol. The molecule has 3 N–H and O–H groups in total. The number of hydrogen-bond acceptors (Lipinski definition) is 4.